The van der Waals surface area contributed by atoms with E-state index in [0.29, 0.717) is 35.0 Å². The Morgan fingerprint density at radius 2 is 1.84 bits per heavy atom. The Labute approximate surface area is 184 Å². The van der Waals surface area contributed by atoms with Gasteiger partial charge in [-0.05, 0) is 49.2 Å². The number of piperidine rings is 1. The number of hydrogen-bond acceptors (Lipinski definition) is 5. The molecule has 0 aliphatic carbocycles. The molecule has 0 unspecified atom stereocenters. The first-order chi connectivity index (χ1) is 14.8. The fourth-order valence-corrected chi connectivity index (χ4v) is 6.58. The van der Waals surface area contributed by atoms with Crippen LogP contribution in [0.2, 0.25) is 0 Å². The second-order valence-corrected chi connectivity index (χ2v) is 10.8. The Kier molecular flexibility index (Phi) is 6.22. The Balaban J connectivity index is 1.47. The van der Waals surface area contributed by atoms with Crippen LogP contribution in [0.5, 0.6) is 0 Å². The van der Waals surface area contributed by atoms with Gasteiger partial charge in [0.1, 0.15) is 21.5 Å². The van der Waals surface area contributed by atoms with Crippen molar-refractivity contribution in [2.24, 2.45) is 7.05 Å². The molecule has 3 heterocycles. The number of hydrogen-bond donors (Lipinski definition) is 1. The van der Waals surface area contributed by atoms with E-state index in [1.54, 1.807) is 42.2 Å². The summed E-state index contributed by atoms with van der Waals surface area (Å²) in [5.74, 6) is -0.136. The maximum Gasteiger partial charge on any atom is 0.252 e. The molecule has 2 aromatic heterocycles. The minimum Gasteiger partial charge on any atom is -0.320 e. The minimum atomic E-state index is -3.50. The molecule has 164 valence electrons. The van der Waals surface area contributed by atoms with E-state index in [0.717, 1.165) is 30.6 Å². The fourth-order valence-electron chi connectivity index (χ4n) is 3.56. The van der Waals surface area contributed by atoms with Crippen molar-refractivity contribution in [1.82, 2.24) is 13.9 Å². The molecule has 0 saturated carbocycles. The van der Waals surface area contributed by atoms with Gasteiger partial charge in [-0.15, -0.1) is 11.3 Å². The van der Waals surface area contributed by atoms with Gasteiger partial charge < -0.3 is 9.88 Å². The van der Waals surface area contributed by atoms with E-state index >= 15 is 0 Å². The van der Waals surface area contributed by atoms with Crippen LogP contribution < -0.4 is 5.32 Å². The zero-order valence-electron chi connectivity index (χ0n) is 17.0. The van der Waals surface area contributed by atoms with Gasteiger partial charge in [0.2, 0.25) is 5.91 Å². The van der Waals surface area contributed by atoms with Gasteiger partial charge in [-0.2, -0.15) is 4.31 Å². The van der Waals surface area contributed by atoms with Crippen molar-refractivity contribution in [3.8, 4) is 11.3 Å². The van der Waals surface area contributed by atoms with Crippen LogP contribution in [0.4, 0.5) is 10.2 Å². The number of aryl methyl sites for hydroxylation is 1. The van der Waals surface area contributed by atoms with Gasteiger partial charge in [0.15, 0.2) is 0 Å². The highest BCUT2D eigenvalue weighted by molar-refractivity contribution is 7.91. The molecule has 1 saturated heterocycles. The van der Waals surface area contributed by atoms with E-state index in [2.05, 4.69) is 10.3 Å². The van der Waals surface area contributed by atoms with Gasteiger partial charge in [0.25, 0.3) is 10.0 Å². The van der Waals surface area contributed by atoms with Crippen LogP contribution in [0.1, 0.15) is 24.1 Å². The summed E-state index contributed by atoms with van der Waals surface area (Å²) in [4.78, 5) is 17.6. The molecule has 4 rings (SSSR count). The van der Waals surface area contributed by atoms with E-state index < -0.39 is 10.0 Å². The number of sulfonamides is 1. The third-order valence-electron chi connectivity index (χ3n) is 5.19. The highest BCUT2D eigenvalue weighted by Gasteiger charge is 2.27. The predicted octanol–water partition coefficient (Wildman–Crippen LogP) is 3.64. The lowest BCUT2D eigenvalue weighted by molar-refractivity contribution is -0.115. The van der Waals surface area contributed by atoms with Crippen LogP contribution in [-0.2, 0) is 28.3 Å². The van der Waals surface area contributed by atoms with Crippen molar-refractivity contribution in [2.45, 2.75) is 29.9 Å². The Hall–Kier alpha value is -2.56. The average Bonchev–Trinajstić information content (AvgIpc) is 3.37. The average molecular weight is 463 g/mol. The summed E-state index contributed by atoms with van der Waals surface area (Å²) in [6.45, 7) is 1.09. The SMILES string of the molecule is Cn1cnc(-c2ccc(F)cc2)c1NC(=O)Cc1ccc(S(=O)(=O)N2CCCCC2)s1. The second kappa shape index (κ2) is 8.89. The summed E-state index contributed by atoms with van der Waals surface area (Å²) >= 11 is 1.13. The number of rotatable bonds is 6. The third-order valence-corrected chi connectivity index (χ3v) is 8.64. The van der Waals surface area contributed by atoms with Crippen molar-refractivity contribution in [2.75, 3.05) is 18.4 Å². The Morgan fingerprint density at radius 1 is 1.13 bits per heavy atom. The molecule has 1 amide bonds. The van der Waals surface area contributed by atoms with Gasteiger partial charge in [0, 0.05) is 30.6 Å². The number of carbonyl (C=O) groups is 1. The lowest BCUT2D eigenvalue weighted by Crippen LogP contribution is -2.35. The summed E-state index contributed by atoms with van der Waals surface area (Å²) in [6.07, 6.45) is 4.43. The van der Waals surface area contributed by atoms with Gasteiger partial charge in [-0.1, -0.05) is 6.42 Å². The summed E-state index contributed by atoms with van der Waals surface area (Å²) in [6, 6.07) is 9.14. The normalized spacial score (nSPS) is 15.2. The molecule has 7 nitrogen and oxygen atoms in total. The number of nitrogens with zero attached hydrogens (tertiary/aromatic N) is 3. The van der Waals surface area contributed by atoms with Crippen molar-refractivity contribution in [3.63, 3.8) is 0 Å². The monoisotopic (exact) mass is 462 g/mol. The molecule has 0 atom stereocenters. The van der Waals surface area contributed by atoms with Gasteiger partial charge >= 0.3 is 0 Å². The Bertz CT molecular complexity index is 1180. The second-order valence-electron chi connectivity index (χ2n) is 7.47. The molecular weight excluding hydrogens is 439 g/mol. The number of halogens is 1. The van der Waals surface area contributed by atoms with E-state index in [-0.39, 0.29) is 22.4 Å². The molecule has 1 fully saturated rings. The maximum absolute atomic E-state index is 13.2. The van der Waals surface area contributed by atoms with Crippen LogP contribution in [-0.4, -0.2) is 41.3 Å². The van der Waals surface area contributed by atoms with Crippen LogP contribution in [0.15, 0.2) is 46.9 Å². The lowest BCUT2D eigenvalue weighted by atomic mass is 10.1. The first kappa shape index (κ1) is 21.7. The number of thiophene rings is 1. The fraction of sp³-hybridized carbons (Fsp3) is 0.333. The van der Waals surface area contributed by atoms with Crippen LogP contribution in [0.3, 0.4) is 0 Å². The number of aromatic nitrogens is 2. The molecule has 31 heavy (non-hydrogen) atoms. The zero-order chi connectivity index (χ0) is 22.0. The Morgan fingerprint density at radius 3 is 2.55 bits per heavy atom. The first-order valence-electron chi connectivity index (χ1n) is 10.0. The number of carbonyl (C=O) groups excluding carboxylic acids is 1. The molecular formula is C21H23FN4O3S2. The smallest absolute Gasteiger partial charge is 0.252 e. The van der Waals surface area contributed by atoms with E-state index in [1.165, 1.54) is 16.4 Å². The molecule has 10 heteroatoms. The quantitative estimate of drug-likeness (QED) is 0.606. The number of amides is 1. The molecule has 1 aliphatic rings. The number of benzene rings is 1. The number of imidazole rings is 1. The maximum atomic E-state index is 13.2. The summed E-state index contributed by atoms with van der Waals surface area (Å²) in [5, 5.41) is 2.85. The van der Waals surface area contributed by atoms with Gasteiger partial charge in [-0.3, -0.25) is 4.79 Å². The summed E-state index contributed by atoms with van der Waals surface area (Å²) in [7, 11) is -1.75. The topological polar surface area (TPSA) is 84.3 Å². The molecule has 3 aromatic rings. The van der Waals surface area contributed by atoms with Crippen molar-refractivity contribution < 1.29 is 17.6 Å². The van der Waals surface area contributed by atoms with Crippen LogP contribution >= 0.6 is 11.3 Å². The van der Waals surface area contributed by atoms with Crippen molar-refractivity contribution in [1.29, 1.82) is 0 Å². The first-order valence-corrected chi connectivity index (χ1v) is 12.3. The highest BCUT2D eigenvalue weighted by atomic mass is 32.2. The van der Waals surface area contributed by atoms with E-state index in [9.17, 15) is 17.6 Å². The molecule has 1 N–H and O–H groups in total. The van der Waals surface area contributed by atoms with Crippen molar-refractivity contribution >= 4 is 33.1 Å². The van der Waals surface area contributed by atoms with Gasteiger partial charge in [0.05, 0.1) is 12.7 Å². The molecule has 0 spiro atoms. The van der Waals surface area contributed by atoms with Crippen LogP contribution in [0, 0.1) is 5.82 Å². The third kappa shape index (κ3) is 4.70. The molecule has 1 aromatic carbocycles. The molecule has 0 radical (unpaired) electrons. The summed E-state index contributed by atoms with van der Waals surface area (Å²) in [5.41, 5.74) is 1.22. The highest BCUT2D eigenvalue weighted by Crippen LogP contribution is 2.29. The number of nitrogens with one attached hydrogen (secondary N) is 1. The van der Waals surface area contributed by atoms with Gasteiger partial charge in [-0.25, -0.2) is 17.8 Å². The van der Waals surface area contributed by atoms with E-state index in [4.69, 9.17) is 0 Å². The molecule has 1 aliphatic heterocycles. The largest absolute Gasteiger partial charge is 0.320 e. The van der Waals surface area contributed by atoms with E-state index in [1.807, 2.05) is 0 Å². The standard InChI is InChI=1S/C21H23FN4O3S2/c1-25-14-23-20(15-5-7-16(22)8-6-15)21(25)24-18(27)13-17-9-10-19(30-17)31(28,29)26-11-3-2-4-12-26/h5-10,14H,2-4,11-13H2,1H3,(H,24,27). The summed E-state index contributed by atoms with van der Waals surface area (Å²) < 4.78 is 42.3. The molecule has 0 bridgehead atoms. The minimum absolute atomic E-state index is 0.0498. The van der Waals surface area contributed by atoms with Crippen LogP contribution in [0.25, 0.3) is 11.3 Å². The lowest BCUT2D eigenvalue weighted by Gasteiger charge is -2.25. The number of anilines is 1. The zero-order valence-corrected chi connectivity index (χ0v) is 18.7. The van der Waals surface area contributed by atoms with Crippen molar-refractivity contribution in [3.05, 3.63) is 53.4 Å². The predicted molar refractivity (Wildman–Crippen MR) is 118 cm³/mol.